The standard InChI is InChI=1S/C14H14FN3S.C3H6.C2H6/c1-3-11-7(2)12-13(16)17-9-5-4-8(15)6-10(9)18-14(12)19-11;1-3-2;1-2/h4-6,18H,3H2,1-2H3,(H2,16,17);3H,1H2,2H3;1-2H3. The van der Waals surface area contributed by atoms with Crippen LogP contribution in [0.15, 0.2) is 35.8 Å². The highest BCUT2D eigenvalue weighted by molar-refractivity contribution is 7.16. The molecule has 2 aromatic rings. The van der Waals surface area contributed by atoms with Crippen molar-refractivity contribution in [1.29, 1.82) is 0 Å². The van der Waals surface area contributed by atoms with Crippen LogP contribution < -0.4 is 11.1 Å². The van der Waals surface area contributed by atoms with E-state index in [1.54, 1.807) is 23.5 Å². The van der Waals surface area contributed by atoms with E-state index in [0.717, 1.165) is 22.5 Å². The molecule has 0 radical (unpaired) electrons. The summed E-state index contributed by atoms with van der Waals surface area (Å²) < 4.78 is 13.3. The minimum Gasteiger partial charge on any atom is -0.383 e. The molecular weight excluding hydrogens is 321 g/mol. The lowest BCUT2D eigenvalue weighted by Crippen LogP contribution is -2.13. The summed E-state index contributed by atoms with van der Waals surface area (Å²) >= 11 is 1.65. The van der Waals surface area contributed by atoms with Gasteiger partial charge in [-0.3, -0.25) is 0 Å². The Morgan fingerprint density at radius 3 is 2.58 bits per heavy atom. The van der Waals surface area contributed by atoms with Crippen LogP contribution in [0, 0.1) is 12.7 Å². The number of nitrogens with zero attached hydrogens (tertiary/aromatic N) is 1. The Morgan fingerprint density at radius 2 is 2.00 bits per heavy atom. The maximum absolute atomic E-state index is 13.3. The average Bonchev–Trinajstić information content (AvgIpc) is 2.80. The number of benzene rings is 1. The molecule has 0 aliphatic carbocycles. The summed E-state index contributed by atoms with van der Waals surface area (Å²) in [5.41, 5.74) is 9.52. The molecule has 3 nitrogen and oxygen atoms in total. The lowest BCUT2D eigenvalue weighted by molar-refractivity contribution is 0.628. The van der Waals surface area contributed by atoms with Gasteiger partial charge in [-0.25, -0.2) is 9.38 Å². The number of hydrogen-bond acceptors (Lipinski definition) is 4. The maximum Gasteiger partial charge on any atom is 0.134 e. The molecule has 0 amide bonds. The number of allylic oxidation sites excluding steroid dienone is 1. The van der Waals surface area contributed by atoms with Crippen molar-refractivity contribution in [3.63, 3.8) is 0 Å². The number of fused-ring (bicyclic) bond motifs is 2. The Labute approximate surface area is 148 Å². The van der Waals surface area contributed by atoms with E-state index in [0.29, 0.717) is 17.2 Å². The smallest absolute Gasteiger partial charge is 0.134 e. The molecule has 0 saturated heterocycles. The monoisotopic (exact) mass is 347 g/mol. The molecule has 5 heteroatoms. The Morgan fingerprint density at radius 1 is 1.38 bits per heavy atom. The highest BCUT2D eigenvalue weighted by Crippen LogP contribution is 2.40. The average molecular weight is 348 g/mol. The van der Waals surface area contributed by atoms with E-state index >= 15 is 0 Å². The van der Waals surface area contributed by atoms with Crippen molar-refractivity contribution in [3.8, 4) is 0 Å². The second-order valence-corrected chi connectivity index (χ2v) is 6.00. The number of anilines is 2. The van der Waals surface area contributed by atoms with Crippen molar-refractivity contribution in [2.24, 2.45) is 10.7 Å². The van der Waals surface area contributed by atoms with Gasteiger partial charge in [-0.1, -0.05) is 26.8 Å². The summed E-state index contributed by atoms with van der Waals surface area (Å²) in [4.78, 5) is 5.68. The van der Waals surface area contributed by atoms with Crippen LogP contribution in [0.1, 0.15) is 43.7 Å². The number of nitrogens with two attached hydrogens (primary N) is 1. The van der Waals surface area contributed by atoms with Crippen molar-refractivity contribution < 1.29 is 4.39 Å². The van der Waals surface area contributed by atoms with E-state index in [1.165, 1.54) is 17.0 Å². The largest absolute Gasteiger partial charge is 0.383 e. The van der Waals surface area contributed by atoms with Crippen LogP contribution in [0.4, 0.5) is 20.8 Å². The van der Waals surface area contributed by atoms with Gasteiger partial charge in [0.05, 0.1) is 16.9 Å². The number of aliphatic imine (C=N–C) groups is 1. The van der Waals surface area contributed by atoms with E-state index < -0.39 is 0 Å². The van der Waals surface area contributed by atoms with Gasteiger partial charge in [0, 0.05) is 4.88 Å². The Balaban J connectivity index is 0.000000521. The fourth-order valence-electron chi connectivity index (χ4n) is 2.31. The first-order valence-electron chi connectivity index (χ1n) is 8.12. The fourth-order valence-corrected chi connectivity index (χ4v) is 3.47. The lowest BCUT2D eigenvalue weighted by Gasteiger charge is -2.05. The molecule has 1 aliphatic rings. The highest BCUT2D eigenvalue weighted by Gasteiger charge is 2.21. The van der Waals surface area contributed by atoms with Crippen LogP contribution in [0.2, 0.25) is 0 Å². The number of thiophene rings is 1. The second kappa shape index (κ2) is 9.23. The van der Waals surface area contributed by atoms with Gasteiger partial charge < -0.3 is 11.1 Å². The number of rotatable bonds is 1. The predicted molar refractivity (Wildman–Crippen MR) is 106 cm³/mol. The third kappa shape index (κ3) is 4.23. The van der Waals surface area contributed by atoms with Gasteiger partial charge in [-0.05, 0) is 44.0 Å². The molecule has 1 aromatic carbocycles. The molecule has 0 spiro atoms. The van der Waals surface area contributed by atoms with Crippen LogP contribution in [0.3, 0.4) is 0 Å². The van der Waals surface area contributed by atoms with E-state index in [-0.39, 0.29) is 5.82 Å². The van der Waals surface area contributed by atoms with Crippen LogP contribution >= 0.6 is 11.3 Å². The van der Waals surface area contributed by atoms with Crippen molar-refractivity contribution in [2.45, 2.75) is 41.0 Å². The molecular formula is C19H26FN3S. The van der Waals surface area contributed by atoms with E-state index in [2.05, 4.69) is 30.7 Å². The molecule has 0 fully saturated rings. The zero-order valence-corrected chi connectivity index (χ0v) is 15.9. The molecule has 2 heterocycles. The molecule has 0 atom stereocenters. The van der Waals surface area contributed by atoms with Crippen LogP contribution in [-0.2, 0) is 6.42 Å². The number of hydrogen-bond donors (Lipinski definition) is 2. The van der Waals surface area contributed by atoms with E-state index in [1.807, 2.05) is 20.8 Å². The quantitative estimate of drug-likeness (QED) is 0.615. The first kappa shape index (κ1) is 19.9. The number of amidine groups is 1. The van der Waals surface area contributed by atoms with Crippen molar-refractivity contribution >= 4 is 33.5 Å². The summed E-state index contributed by atoms with van der Waals surface area (Å²) in [5, 5.41) is 4.20. The molecule has 3 rings (SSSR count). The third-order valence-corrected chi connectivity index (χ3v) is 4.62. The highest BCUT2D eigenvalue weighted by atomic mass is 32.1. The topological polar surface area (TPSA) is 50.4 Å². The van der Waals surface area contributed by atoms with Gasteiger partial charge >= 0.3 is 0 Å². The van der Waals surface area contributed by atoms with Crippen molar-refractivity contribution in [3.05, 3.63) is 52.7 Å². The van der Waals surface area contributed by atoms with Crippen LogP contribution in [0.5, 0.6) is 0 Å². The van der Waals surface area contributed by atoms with Crippen molar-refractivity contribution in [2.75, 3.05) is 5.32 Å². The summed E-state index contributed by atoms with van der Waals surface area (Å²) in [6.07, 6.45) is 2.70. The van der Waals surface area contributed by atoms with Gasteiger partial charge in [-0.15, -0.1) is 17.9 Å². The van der Waals surface area contributed by atoms with Gasteiger partial charge in [-0.2, -0.15) is 0 Å². The zero-order chi connectivity index (χ0) is 18.3. The molecule has 130 valence electrons. The minimum absolute atomic E-state index is 0.285. The summed E-state index contributed by atoms with van der Waals surface area (Å²) in [6.45, 7) is 13.4. The molecule has 0 unspecified atom stereocenters. The molecule has 0 saturated carbocycles. The maximum atomic E-state index is 13.3. The lowest BCUT2D eigenvalue weighted by atomic mass is 10.1. The van der Waals surface area contributed by atoms with Gasteiger partial charge in [0.15, 0.2) is 0 Å². The number of nitrogens with one attached hydrogen (secondary N) is 1. The molecule has 3 N–H and O–H groups in total. The third-order valence-electron chi connectivity index (χ3n) is 3.27. The molecule has 1 aliphatic heterocycles. The predicted octanol–water partition coefficient (Wildman–Crippen LogP) is 6.07. The minimum atomic E-state index is -0.285. The van der Waals surface area contributed by atoms with Gasteiger partial charge in [0.25, 0.3) is 0 Å². The number of halogens is 1. The fraction of sp³-hybridized carbons (Fsp3) is 0.316. The molecule has 0 bridgehead atoms. The van der Waals surface area contributed by atoms with E-state index in [4.69, 9.17) is 5.73 Å². The second-order valence-electron chi connectivity index (χ2n) is 4.90. The van der Waals surface area contributed by atoms with Gasteiger partial charge in [0.1, 0.15) is 16.7 Å². The van der Waals surface area contributed by atoms with Crippen LogP contribution in [0.25, 0.3) is 0 Å². The normalized spacial score (nSPS) is 11.2. The summed E-state index contributed by atoms with van der Waals surface area (Å²) in [7, 11) is 0. The van der Waals surface area contributed by atoms with Crippen molar-refractivity contribution in [1.82, 2.24) is 0 Å². The summed E-state index contributed by atoms with van der Waals surface area (Å²) in [5.74, 6) is 0.203. The van der Waals surface area contributed by atoms with Crippen LogP contribution in [-0.4, -0.2) is 5.84 Å². The van der Waals surface area contributed by atoms with Gasteiger partial charge in [0.2, 0.25) is 0 Å². The van der Waals surface area contributed by atoms with E-state index in [9.17, 15) is 4.39 Å². The first-order chi connectivity index (χ1) is 11.5. The Bertz CT molecular complexity index is 732. The summed E-state index contributed by atoms with van der Waals surface area (Å²) in [6, 6.07) is 4.47. The Kier molecular flexibility index (Phi) is 7.65. The first-order valence-corrected chi connectivity index (χ1v) is 8.93. The zero-order valence-electron chi connectivity index (χ0n) is 15.0. The molecule has 1 aromatic heterocycles. The SMILES string of the molecule is C=CC.CC.CCc1sc2c(c1C)C(N)=Nc1ccc(F)cc1N2. The molecule has 24 heavy (non-hydrogen) atoms. The number of aryl methyl sites for hydroxylation is 1. The Hall–Kier alpha value is -2.14.